The highest BCUT2D eigenvalue weighted by molar-refractivity contribution is 7.89. The van der Waals surface area contributed by atoms with E-state index in [1.54, 1.807) is 24.3 Å². The summed E-state index contributed by atoms with van der Waals surface area (Å²) in [6.07, 6.45) is 3.80. The number of anilines is 1. The van der Waals surface area contributed by atoms with Gasteiger partial charge in [-0.05, 0) is 31.2 Å². The predicted octanol–water partition coefficient (Wildman–Crippen LogP) is 1.77. The van der Waals surface area contributed by atoms with E-state index in [-0.39, 0.29) is 4.90 Å². The third-order valence-corrected chi connectivity index (χ3v) is 4.97. The van der Waals surface area contributed by atoms with E-state index in [4.69, 9.17) is 0 Å². The minimum absolute atomic E-state index is 0.289. The van der Waals surface area contributed by atoms with E-state index < -0.39 is 10.0 Å². The number of hydrogen-bond donors (Lipinski definition) is 1. The zero-order valence-electron chi connectivity index (χ0n) is 12.4. The molecule has 0 aliphatic rings. The number of benzene rings is 1. The molecule has 0 fully saturated rings. The Kier molecular flexibility index (Phi) is 4.64. The van der Waals surface area contributed by atoms with Crippen molar-refractivity contribution in [2.75, 3.05) is 19.4 Å². The van der Waals surface area contributed by atoms with Crippen LogP contribution in [0, 0.1) is 0 Å². The van der Waals surface area contributed by atoms with E-state index in [0.717, 1.165) is 17.8 Å². The Labute approximate surface area is 125 Å². The van der Waals surface area contributed by atoms with Gasteiger partial charge in [0.25, 0.3) is 0 Å². The van der Waals surface area contributed by atoms with Crippen molar-refractivity contribution in [1.29, 1.82) is 0 Å². The predicted molar refractivity (Wildman–Crippen MR) is 82.5 cm³/mol. The molecule has 2 rings (SSSR count). The first kappa shape index (κ1) is 15.5. The van der Waals surface area contributed by atoms with Crippen molar-refractivity contribution in [2.45, 2.75) is 24.9 Å². The van der Waals surface area contributed by atoms with Crippen molar-refractivity contribution in [3.8, 4) is 0 Å². The van der Waals surface area contributed by atoms with Crippen molar-refractivity contribution in [3.05, 3.63) is 42.2 Å². The van der Waals surface area contributed by atoms with Gasteiger partial charge in [0, 0.05) is 44.6 Å². The summed E-state index contributed by atoms with van der Waals surface area (Å²) in [6, 6.07) is 6.74. The summed E-state index contributed by atoms with van der Waals surface area (Å²) in [7, 11) is -0.327. The maximum atomic E-state index is 12.0. The molecule has 114 valence electrons. The molecule has 0 atom stereocenters. The second-order valence-electron chi connectivity index (χ2n) is 4.87. The van der Waals surface area contributed by atoms with Crippen LogP contribution in [0.25, 0.3) is 0 Å². The topological polar surface area (TPSA) is 67.2 Å². The molecular formula is C14H20N4O2S. The molecule has 0 saturated carbocycles. The van der Waals surface area contributed by atoms with Crippen molar-refractivity contribution < 1.29 is 8.42 Å². The summed E-state index contributed by atoms with van der Waals surface area (Å²) in [5.74, 6) is 0. The molecule has 6 nitrogen and oxygen atoms in total. The van der Waals surface area contributed by atoms with Gasteiger partial charge in [0.15, 0.2) is 0 Å². The van der Waals surface area contributed by atoms with Crippen LogP contribution < -0.4 is 5.32 Å². The molecule has 0 spiro atoms. The SMILES string of the molecule is CCn1cc(CNc2ccc(S(=O)(=O)N(C)C)cc2)cn1. The Morgan fingerprint density at radius 3 is 2.43 bits per heavy atom. The number of hydrogen-bond acceptors (Lipinski definition) is 4. The van der Waals surface area contributed by atoms with E-state index in [2.05, 4.69) is 10.4 Å². The van der Waals surface area contributed by atoms with Crippen molar-refractivity contribution in [3.63, 3.8) is 0 Å². The van der Waals surface area contributed by atoms with Gasteiger partial charge in [-0.25, -0.2) is 12.7 Å². The molecule has 2 aromatic rings. The lowest BCUT2D eigenvalue weighted by molar-refractivity contribution is 0.521. The van der Waals surface area contributed by atoms with E-state index >= 15 is 0 Å². The molecule has 21 heavy (non-hydrogen) atoms. The summed E-state index contributed by atoms with van der Waals surface area (Å²) in [6.45, 7) is 3.53. The summed E-state index contributed by atoms with van der Waals surface area (Å²) >= 11 is 0. The van der Waals surface area contributed by atoms with Crippen LogP contribution in [0.5, 0.6) is 0 Å². The minimum atomic E-state index is -3.37. The molecule has 1 aromatic heterocycles. The fraction of sp³-hybridized carbons (Fsp3) is 0.357. The highest BCUT2D eigenvalue weighted by Crippen LogP contribution is 2.17. The number of sulfonamides is 1. The van der Waals surface area contributed by atoms with Gasteiger partial charge in [0.05, 0.1) is 11.1 Å². The number of aromatic nitrogens is 2. The zero-order chi connectivity index (χ0) is 15.5. The van der Waals surface area contributed by atoms with Gasteiger partial charge >= 0.3 is 0 Å². The first-order valence-electron chi connectivity index (χ1n) is 6.71. The molecule has 0 radical (unpaired) electrons. The number of nitrogens with one attached hydrogen (secondary N) is 1. The molecular weight excluding hydrogens is 288 g/mol. The largest absolute Gasteiger partial charge is 0.381 e. The fourth-order valence-corrected chi connectivity index (χ4v) is 2.73. The Morgan fingerprint density at radius 1 is 1.24 bits per heavy atom. The molecule has 0 saturated heterocycles. The highest BCUT2D eigenvalue weighted by atomic mass is 32.2. The lowest BCUT2D eigenvalue weighted by atomic mass is 10.3. The summed E-state index contributed by atoms with van der Waals surface area (Å²) in [5, 5.41) is 7.45. The third-order valence-electron chi connectivity index (χ3n) is 3.14. The van der Waals surface area contributed by atoms with Gasteiger partial charge in [-0.3, -0.25) is 4.68 Å². The molecule has 7 heteroatoms. The van der Waals surface area contributed by atoms with E-state index in [0.29, 0.717) is 6.54 Å². The fourth-order valence-electron chi connectivity index (χ4n) is 1.83. The van der Waals surface area contributed by atoms with E-state index in [1.165, 1.54) is 18.4 Å². The molecule has 0 aliphatic heterocycles. The average Bonchev–Trinajstić information content (AvgIpc) is 2.93. The van der Waals surface area contributed by atoms with Gasteiger partial charge in [-0.2, -0.15) is 5.10 Å². The van der Waals surface area contributed by atoms with Crippen molar-refractivity contribution in [1.82, 2.24) is 14.1 Å². The number of aryl methyl sites for hydroxylation is 1. The van der Waals surface area contributed by atoms with Crippen LogP contribution in [0.4, 0.5) is 5.69 Å². The number of rotatable bonds is 6. The Hall–Kier alpha value is -1.86. The Morgan fingerprint density at radius 2 is 1.90 bits per heavy atom. The molecule has 0 bridgehead atoms. The minimum Gasteiger partial charge on any atom is -0.381 e. The Balaban J connectivity index is 2.03. The Bertz CT molecular complexity index is 690. The van der Waals surface area contributed by atoms with Gasteiger partial charge < -0.3 is 5.32 Å². The van der Waals surface area contributed by atoms with Crippen LogP contribution in [0.2, 0.25) is 0 Å². The first-order chi connectivity index (χ1) is 9.93. The van der Waals surface area contributed by atoms with Crippen LogP contribution in [0.1, 0.15) is 12.5 Å². The van der Waals surface area contributed by atoms with Gasteiger partial charge in [-0.15, -0.1) is 0 Å². The quantitative estimate of drug-likeness (QED) is 0.883. The highest BCUT2D eigenvalue weighted by Gasteiger charge is 2.16. The average molecular weight is 308 g/mol. The zero-order valence-corrected chi connectivity index (χ0v) is 13.3. The summed E-state index contributed by atoms with van der Waals surface area (Å²) in [5.41, 5.74) is 1.96. The van der Waals surface area contributed by atoms with Crippen LogP contribution in [-0.4, -0.2) is 36.6 Å². The second kappa shape index (κ2) is 6.28. The van der Waals surface area contributed by atoms with Gasteiger partial charge in [0.1, 0.15) is 0 Å². The molecule has 1 N–H and O–H groups in total. The lowest BCUT2D eigenvalue weighted by Gasteiger charge is -2.12. The third kappa shape index (κ3) is 3.62. The standard InChI is InChI=1S/C14H20N4O2S/c1-4-18-11-12(10-16-18)9-15-13-5-7-14(8-6-13)21(19,20)17(2)3/h5-8,10-11,15H,4,9H2,1-3H3. The van der Waals surface area contributed by atoms with Crippen molar-refractivity contribution >= 4 is 15.7 Å². The molecule has 1 aromatic carbocycles. The maximum absolute atomic E-state index is 12.0. The van der Waals surface area contributed by atoms with Gasteiger partial charge in [0.2, 0.25) is 10.0 Å². The molecule has 0 unspecified atom stereocenters. The molecule has 0 aliphatic carbocycles. The molecule has 0 amide bonds. The van der Waals surface area contributed by atoms with E-state index in [9.17, 15) is 8.42 Å². The summed E-state index contributed by atoms with van der Waals surface area (Å²) < 4.78 is 27.0. The number of nitrogens with zero attached hydrogens (tertiary/aromatic N) is 3. The van der Waals surface area contributed by atoms with Gasteiger partial charge in [-0.1, -0.05) is 0 Å². The normalized spacial score (nSPS) is 11.8. The monoisotopic (exact) mass is 308 g/mol. The lowest BCUT2D eigenvalue weighted by Crippen LogP contribution is -2.22. The van der Waals surface area contributed by atoms with Crippen LogP contribution in [0.3, 0.4) is 0 Å². The van der Waals surface area contributed by atoms with Crippen molar-refractivity contribution in [2.24, 2.45) is 0 Å². The maximum Gasteiger partial charge on any atom is 0.242 e. The molecule has 1 heterocycles. The smallest absolute Gasteiger partial charge is 0.242 e. The van der Waals surface area contributed by atoms with Crippen LogP contribution in [-0.2, 0) is 23.1 Å². The van der Waals surface area contributed by atoms with Crippen LogP contribution >= 0.6 is 0 Å². The summed E-state index contributed by atoms with van der Waals surface area (Å²) in [4.78, 5) is 0.289. The first-order valence-corrected chi connectivity index (χ1v) is 8.15. The second-order valence-corrected chi connectivity index (χ2v) is 7.02. The van der Waals surface area contributed by atoms with Crippen LogP contribution in [0.15, 0.2) is 41.6 Å². The van der Waals surface area contributed by atoms with E-state index in [1.807, 2.05) is 24.0 Å².